The summed E-state index contributed by atoms with van der Waals surface area (Å²) in [4.78, 5) is 24.9. The van der Waals surface area contributed by atoms with Crippen LogP contribution in [-0.4, -0.2) is 24.9 Å². The number of hydrogen-bond acceptors (Lipinski definition) is 2. The van der Waals surface area contributed by atoms with Gasteiger partial charge in [0.25, 0.3) is 11.8 Å². The molecule has 0 heterocycles. The molecule has 0 aromatic heterocycles. The molecule has 2 N–H and O–H groups in total. The van der Waals surface area contributed by atoms with Gasteiger partial charge in [0.1, 0.15) is 0 Å². The second-order valence-electron chi connectivity index (χ2n) is 6.98. The Morgan fingerprint density at radius 1 is 0.567 bits per heavy atom. The van der Waals surface area contributed by atoms with Crippen molar-refractivity contribution in [2.45, 2.75) is 0 Å². The van der Waals surface area contributed by atoms with E-state index >= 15 is 0 Å². The number of carbonyl (C=O) groups is 2. The van der Waals surface area contributed by atoms with E-state index in [9.17, 15) is 9.59 Å². The number of hydrogen-bond donors (Lipinski definition) is 2. The molecule has 4 nitrogen and oxygen atoms in total. The molecule has 30 heavy (non-hydrogen) atoms. The fourth-order valence-corrected chi connectivity index (χ4v) is 3.42. The van der Waals surface area contributed by atoms with Crippen LogP contribution in [0.3, 0.4) is 0 Å². The summed E-state index contributed by atoms with van der Waals surface area (Å²) in [7, 11) is 0. The third kappa shape index (κ3) is 4.39. The zero-order valence-corrected chi connectivity index (χ0v) is 16.5. The van der Waals surface area contributed by atoms with Gasteiger partial charge in [0.2, 0.25) is 0 Å². The van der Waals surface area contributed by atoms with E-state index in [4.69, 9.17) is 0 Å². The number of benzene rings is 4. The van der Waals surface area contributed by atoms with Crippen molar-refractivity contribution in [3.05, 3.63) is 108 Å². The molecule has 2 amide bonds. The zero-order valence-electron chi connectivity index (χ0n) is 16.5. The first-order valence-electron chi connectivity index (χ1n) is 9.92. The number of amides is 2. The zero-order chi connectivity index (χ0) is 20.8. The van der Waals surface area contributed by atoms with Gasteiger partial charge >= 0.3 is 0 Å². The molecule has 0 fully saturated rings. The Labute approximate surface area is 175 Å². The lowest BCUT2D eigenvalue weighted by molar-refractivity contribution is 0.0928. The van der Waals surface area contributed by atoms with Crippen molar-refractivity contribution in [2.75, 3.05) is 13.1 Å². The van der Waals surface area contributed by atoms with Crippen LogP contribution in [0.25, 0.3) is 21.9 Å². The third-order valence-electron chi connectivity index (χ3n) is 4.98. The molecule has 4 aromatic carbocycles. The molecule has 0 aliphatic rings. The van der Waals surface area contributed by atoms with Gasteiger partial charge in [-0.25, -0.2) is 0 Å². The lowest BCUT2D eigenvalue weighted by Gasteiger charge is -2.09. The molecule has 4 rings (SSSR count). The van der Waals surface area contributed by atoms with Crippen molar-refractivity contribution in [1.82, 2.24) is 10.6 Å². The lowest BCUT2D eigenvalue weighted by Crippen LogP contribution is -2.34. The van der Waals surface area contributed by atoms with Crippen LogP contribution in [0.2, 0.25) is 0 Å². The largest absolute Gasteiger partial charge is 0.350 e. The van der Waals surface area contributed by atoms with Gasteiger partial charge in [-0.1, -0.05) is 78.9 Å². The van der Waals surface area contributed by atoms with Gasteiger partial charge in [-0.2, -0.15) is 0 Å². The highest BCUT2D eigenvalue weighted by Crippen LogP contribution is 2.19. The van der Waals surface area contributed by atoms with Crippen LogP contribution in [0.15, 0.2) is 97.1 Å². The molecule has 0 aliphatic heterocycles. The van der Waals surface area contributed by atoms with Crippen LogP contribution in [0.1, 0.15) is 20.7 Å². The van der Waals surface area contributed by atoms with E-state index in [0.29, 0.717) is 24.2 Å². The summed E-state index contributed by atoms with van der Waals surface area (Å²) in [5.41, 5.74) is 3.40. The van der Waals surface area contributed by atoms with Crippen molar-refractivity contribution in [3.8, 4) is 11.1 Å². The van der Waals surface area contributed by atoms with Gasteiger partial charge in [0.05, 0.1) is 0 Å². The van der Waals surface area contributed by atoms with Gasteiger partial charge in [-0.05, 0) is 40.1 Å². The molecule has 0 saturated carbocycles. The SMILES string of the molecule is O=C(NCCNC(=O)c1cccc2ccccc12)c1ccc(-c2ccccc2)cc1. The van der Waals surface area contributed by atoms with Crippen molar-refractivity contribution < 1.29 is 9.59 Å². The normalized spacial score (nSPS) is 10.5. The molecule has 148 valence electrons. The summed E-state index contributed by atoms with van der Waals surface area (Å²) in [6.45, 7) is 0.714. The maximum absolute atomic E-state index is 12.5. The maximum Gasteiger partial charge on any atom is 0.251 e. The van der Waals surface area contributed by atoms with E-state index in [1.54, 1.807) is 0 Å². The van der Waals surface area contributed by atoms with Crippen LogP contribution in [0.4, 0.5) is 0 Å². The van der Waals surface area contributed by atoms with E-state index in [-0.39, 0.29) is 11.8 Å². The highest BCUT2D eigenvalue weighted by atomic mass is 16.2. The van der Waals surface area contributed by atoms with E-state index in [2.05, 4.69) is 10.6 Å². The molecule has 0 aliphatic carbocycles. The van der Waals surface area contributed by atoms with E-state index in [1.165, 1.54) is 0 Å². The Morgan fingerprint density at radius 2 is 1.17 bits per heavy atom. The monoisotopic (exact) mass is 394 g/mol. The Morgan fingerprint density at radius 3 is 1.93 bits per heavy atom. The van der Waals surface area contributed by atoms with Crippen LogP contribution >= 0.6 is 0 Å². The summed E-state index contributed by atoms with van der Waals surface area (Å²) < 4.78 is 0. The molecule has 4 heteroatoms. The molecular formula is C26H22N2O2. The van der Waals surface area contributed by atoms with E-state index in [0.717, 1.165) is 21.9 Å². The maximum atomic E-state index is 12.5. The first kappa shape index (κ1) is 19.4. The number of carbonyl (C=O) groups excluding carboxylic acids is 2. The first-order chi connectivity index (χ1) is 14.7. The summed E-state index contributed by atoms with van der Waals surface area (Å²) in [6.07, 6.45) is 0. The van der Waals surface area contributed by atoms with E-state index < -0.39 is 0 Å². The average Bonchev–Trinajstić information content (AvgIpc) is 2.82. The number of nitrogens with one attached hydrogen (secondary N) is 2. The van der Waals surface area contributed by atoms with Gasteiger partial charge < -0.3 is 10.6 Å². The van der Waals surface area contributed by atoms with Gasteiger partial charge in [-0.15, -0.1) is 0 Å². The topological polar surface area (TPSA) is 58.2 Å². The minimum atomic E-state index is -0.158. The van der Waals surface area contributed by atoms with Gasteiger partial charge in [0, 0.05) is 24.2 Å². The highest BCUT2D eigenvalue weighted by molar-refractivity contribution is 6.07. The summed E-state index contributed by atoms with van der Waals surface area (Å²) in [5.74, 6) is -0.303. The second kappa shape index (κ2) is 9.05. The molecule has 0 spiro atoms. The quantitative estimate of drug-likeness (QED) is 0.467. The molecule has 0 atom stereocenters. The van der Waals surface area contributed by atoms with Crippen LogP contribution in [-0.2, 0) is 0 Å². The smallest absolute Gasteiger partial charge is 0.251 e. The van der Waals surface area contributed by atoms with Crippen molar-refractivity contribution in [2.24, 2.45) is 0 Å². The van der Waals surface area contributed by atoms with Crippen LogP contribution in [0.5, 0.6) is 0 Å². The van der Waals surface area contributed by atoms with Gasteiger partial charge in [0.15, 0.2) is 0 Å². The molecule has 4 aromatic rings. The molecule has 0 unspecified atom stereocenters. The fourth-order valence-electron chi connectivity index (χ4n) is 3.42. The van der Waals surface area contributed by atoms with Crippen molar-refractivity contribution in [1.29, 1.82) is 0 Å². The second-order valence-corrected chi connectivity index (χ2v) is 6.98. The third-order valence-corrected chi connectivity index (χ3v) is 4.98. The number of fused-ring (bicyclic) bond motifs is 1. The predicted octanol–water partition coefficient (Wildman–Crippen LogP) is 4.67. The van der Waals surface area contributed by atoms with Gasteiger partial charge in [-0.3, -0.25) is 9.59 Å². The van der Waals surface area contributed by atoms with Crippen molar-refractivity contribution in [3.63, 3.8) is 0 Å². The summed E-state index contributed by atoms with van der Waals surface area (Å²) in [6, 6.07) is 31.0. The molecule has 0 radical (unpaired) electrons. The Bertz CT molecular complexity index is 1160. The molecule has 0 bridgehead atoms. The first-order valence-corrected chi connectivity index (χ1v) is 9.92. The highest BCUT2D eigenvalue weighted by Gasteiger charge is 2.10. The number of rotatable bonds is 6. The van der Waals surface area contributed by atoms with Crippen LogP contribution in [0, 0.1) is 0 Å². The van der Waals surface area contributed by atoms with E-state index in [1.807, 2.05) is 97.1 Å². The molecular weight excluding hydrogens is 372 g/mol. The van der Waals surface area contributed by atoms with Crippen LogP contribution < -0.4 is 10.6 Å². The Hall–Kier alpha value is -3.92. The fraction of sp³-hybridized carbons (Fsp3) is 0.0769. The average molecular weight is 394 g/mol. The molecule has 0 saturated heterocycles. The predicted molar refractivity (Wildman–Crippen MR) is 120 cm³/mol. The standard InChI is InChI=1S/C26H22N2O2/c29-25(22-15-13-20(14-16-22)19-7-2-1-3-8-19)27-17-18-28-26(30)24-12-6-10-21-9-4-5-11-23(21)24/h1-16H,17-18H2,(H,27,29)(H,28,30). The minimum Gasteiger partial charge on any atom is -0.350 e. The lowest BCUT2D eigenvalue weighted by atomic mass is 10.0. The summed E-state index contributed by atoms with van der Waals surface area (Å²) >= 11 is 0. The minimum absolute atomic E-state index is 0.145. The Balaban J connectivity index is 1.30. The summed E-state index contributed by atoms with van der Waals surface area (Å²) in [5, 5.41) is 7.67. The van der Waals surface area contributed by atoms with Crippen molar-refractivity contribution >= 4 is 22.6 Å². The Kier molecular flexibility index (Phi) is 5.85.